The molecule has 0 atom stereocenters. The Balaban J connectivity index is 2.01. The molecule has 5 N–H and O–H groups in total. The van der Waals surface area contributed by atoms with E-state index in [-0.39, 0.29) is 49.3 Å². The Morgan fingerprint density at radius 1 is 1.32 bits per heavy atom. The van der Waals surface area contributed by atoms with Gasteiger partial charge in [0.25, 0.3) is 5.17 Å². The minimum Gasteiger partial charge on any atom is -0.474 e. The van der Waals surface area contributed by atoms with Gasteiger partial charge in [0, 0.05) is 43.8 Å². The number of hydrogen-bond acceptors (Lipinski definition) is 7. The lowest BCUT2D eigenvalue weighted by Gasteiger charge is -2.36. The van der Waals surface area contributed by atoms with Crippen LogP contribution in [0.15, 0.2) is 24.0 Å². The highest BCUT2D eigenvalue weighted by Crippen LogP contribution is 2.28. The van der Waals surface area contributed by atoms with E-state index in [1.54, 1.807) is 0 Å². The van der Waals surface area contributed by atoms with Gasteiger partial charge in [-0.3, -0.25) is 4.79 Å². The average molecular weight is 415 g/mol. The molecule has 0 aromatic heterocycles. The fraction of sp³-hybridized carbons (Fsp3) is 0.412. The largest absolute Gasteiger partial charge is 0.474 e. The monoisotopic (exact) mass is 415 g/mol. The number of aliphatic hydroxyl groups is 1. The summed E-state index contributed by atoms with van der Waals surface area (Å²) >= 11 is 4.82. The number of carbonyl (C=O) groups is 1. The molecule has 1 aliphatic rings. The first kappa shape index (κ1) is 21.6. The normalized spacial score (nSPS) is 14.6. The molecule has 1 heterocycles. The SMILES string of the molecule is COC(=S)NC/C(N)=C/Nc1cc(F)c(N2CCN(C(=O)CO)CC2)c(F)c1. The van der Waals surface area contributed by atoms with E-state index in [1.165, 1.54) is 35.2 Å². The third-order valence-electron chi connectivity index (χ3n) is 4.15. The van der Waals surface area contributed by atoms with E-state index in [2.05, 4.69) is 10.6 Å². The predicted molar refractivity (Wildman–Crippen MR) is 106 cm³/mol. The number of thiocarbonyl (C=S) groups is 1. The Labute approximate surface area is 166 Å². The summed E-state index contributed by atoms with van der Waals surface area (Å²) in [5.74, 6) is -1.85. The topological polar surface area (TPSA) is 103 Å². The van der Waals surface area contributed by atoms with Crippen LogP contribution in [0.1, 0.15) is 0 Å². The van der Waals surface area contributed by atoms with Crippen LogP contribution in [0.5, 0.6) is 0 Å². The van der Waals surface area contributed by atoms with Crippen LogP contribution in [0.4, 0.5) is 20.2 Å². The Kier molecular flexibility index (Phi) is 7.76. The van der Waals surface area contributed by atoms with Gasteiger partial charge in [0.15, 0.2) is 11.6 Å². The zero-order chi connectivity index (χ0) is 20.7. The van der Waals surface area contributed by atoms with E-state index in [0.29, 0.717) is 5.70 Å². The second-order valence-corrected chi connectivity index (χ2v) is 6.39. The van der Waals surface area contributed by atoms with Crippen molar-refractivity contribution in [2.75, 3.05) is 56.7 Å². The van der Waals surface area contributed by atoms with Gasteiger partial charge in [0.2, 0.25) is 5.91 Å². The van der Waals surface area contributed by atoms with E-state index in [4.69, 9.17) is 27.8 Å². The van der Waals surface area contributed by atoms with E-state index in [1.807, 2.05) is 0 Å². The lowest BCUT2D eigenvalue weighted by atomic mass is 10.2. The van der Waals surface area contributed by atoms with Crippen molar-refractivity contribution in [2.45, 2.75) is 0 Å². The number of ether oxygens (including phenoxy) is 1. The predicted octanol–water partition coefficient (Wildman–Crippen LogP) is 0.339. The minimum absolute atomic E-state index is 0.147. The van der Waals surface area contributed by atoms with Crippen LogP contribution in [0.2, 0.25) is 0 Å². The number of nitrogens with zero attached hydrogens (tertiary/aromatic N) is 2. The average Bonchev–Trinajstić information content (AvgIpc) is 2.69. The maximum Gasteiger partial charge on any atom is 0.256 e. The number of rotatable bonds is 6. The van der Waals surface area contributed by atoms with Crippen LogP contribution < -0.4 is 21.3 Å². The lowest BCUT2D eigenvalue weighted by molar-refractivity contribution is -0.134. The van der Waals surface area contributed by atoms with E-state index in [9.17, 15) is 13.6 Å². The maximum absolute atomic E-state index is 14.5. The van der Waals surface area contributed by atoms with Crippen LogP contribution >= 0.6 is 12.2 Å². The summed E-state index contributed by atoms with van der Waals surface area (Å²) < 4.78 is 33.8. The highest BCUT2D eigenvalue weighted by Gasteiger charge is 2.25. The molecule has 0 bridgehead atoms. The third-order valence-corrected chi connectivity index (χ3v) is 4.46. The van der Waals surface area contributed by atoms with Crippen molar-refractivity contribution in [1.29, 1.82) is 0 Å². The summed E-state index contributed by atoms with van der Waals surface area (Å²) in [4.78, 5) is 14.5. The van der Waals surface area contributed by atoms with Gasteiger partial charge < -0.3 is 36.0 Å². The molecule has 1 fully saturated rings. The molecule has 28 heavy (non-hydrogen) atoms. The number of methoxy groups -OCH3 is 1. The van der Waals surface area contributed by atoms with Crippen LogP contribution in [0, 0.1) is 11.6 Å². The number of hydrogen-bond donors (Lipinski definition) is 4. The van der Waals surface area contributed by atoms with Crippen molar-refractivity contribution in [1.82, 2.24) is 10.2 Å². The number of aliphatic hydroxyl groups excluding tert-OH is 1. The van der Waals surface area contributed by atoms with Gasteiger partial charge in [-0.15, -0.1) is 0 Å². The van der Waals surface area contributed by atoms with Crippen LogP contribution in [0.3, 0.4) is 0 Å². The van der Waals surface area contributed by atoms with E-state index < -0.39 is 24.1 Å². The number of benzene rings is 1. The molecule has 0 unspecified atom stereocenters. The Hall–Kier alpha value is -2.66. The molecule has 1 aromatic carbocycles. The van der Waals surface area contributed by atoms with Gasteiger partial charge in [-0.05, 0) is 24.4 Å². The summed E-state index contributed by atoms with van der Waals surface area (Å²) in [6.07, 6.45) is 1.40. The number of halogens is 2. The third kappa shape index (κ3) is 5.67. The quantitative estimate of drug-likeness (QED) is 0.494. The summed E-state index contributed by atoms with van der Waals surface area (Å²) in [6.45, 7) is 0.739. The second kappa shape index (κ2) is 10.0. The highest BCUT2D eigenvalue weighted by atomic mass is 32.1. The molecule has 0 aliphatic carbocycles. The van der Waals surface area contributed by atoms with Crippen molar-refractivity contribution in [3.05, 3.63) is 35.7 Å². The fourth-order valence-corrected chi connectivity index (χ4v) is 2.78. The molecular formula is C17H23F2N5O3S. The minimum atomic E-state index is -0.727. The van der Waals surface area contributed by atoms with E-state index >= 15 is 0 Å². The Bertz CT molecular complexity index is 731. The highest BCUT2D eigenvalue weighted by molar-refractivity contribution is 7.80. The zero-order valence-electron chi connectivity index (χ0n) is 15.4. The van der Waals surface area contributed by atoms with E-state index in [0.717, 1.165) is 0 Å². The summed E-state index contributed by atoms with van der Waals surface area (Å²) in [6, 6.07) is 2.33. The Morgan fingerprint density at radius 2 is 1.93 bits per heavy atom. The van der Waals surface area contributed by atoms with Crippen molar-refractivity contribution in [3.63, 3.8) is 0 Å². The van der Waals surface area contributed by atoms with Gasteiger partial charge >= 0.3 is 0 Å². The smallest absolute Gasteiger partial charge is 0.256 e. The molecule has 1 amide bonds. The second-order valence-electron chi connectivity index (χ2n) is 6.02. The molecule has 0 radical (unpaired) electrons. The van der Waals surface area contributed by atoms with Gasteiger partial charge in [0.05, 0.1) is 13.7 Å². The molecule has 1 aliphatic heterocycles. The van der Waals surface area contributed by atoms with Crippen molar-refractivity contribution in [3.8, 4) is 0 Å². The summed E-state index contributed by atoms with van der Waals surface area (Å²) in [5, 5.41) is 14.5. The number of anilines is 2. The number of amides is 1. The number of carbonyl (C=O) groups excluding carboxylic acids is 1. The van der Waals surface area contributed by atoms with Crippen LogP contribution in [0.25, 0.3) is 0 Å². The molecule has 11 heteroatoms. The van der Waals surface area contributed by atoms with Crippen molar-refractivity contribution < 1.29 is 23.4 Å². The maximum atomic E-state index is 14.5. The zero-order valence-corrected chi connectivity index (χ0v) is 16.2. The van der Waals surface area contributed by atoms with Crippen LogP contribution in [-0.2, 0) is 9.53 Å². The Morgan fingerprint density at radius 3 is 2.46 bits per heavy atom. The van der Waals surface area contributed by atoms with Gasteiger partial charge in [0.1, 0.15) is 12.3 Å². The fourth-order valence-electron chi connectivity index (χ4n) is 2.70. The van der Waals surface area contributed by atoms with Crippen molar-refractivity contribution >= 4 is 34.7 Å². The molecule has 1 aromatic rings. The molecule has 0 spiro atoms. The molecule has 0 saturated carbocycles. The van der Waals surface area contributed by atoms with Gasteiger partial charge in [-0.1, -0.05) is 0 Å². The molecule has 154 valence electrons. The molecule has 1 saturated heterocycles. The number of nitrogens with two attached hydrogens (primary N) is 1. The first-order valence-corrected chi connectivity index (χ1v) is 8.92. The molecule has 8 nitrogen and oxygen atoms in total. The first-order chi connectivity index (χ1) is 13.3. The van der Waals surface area contributed by atoms with Crippen LogP contribution in [-0.4, -0.2) is 67.5 Å². The summed E-state index contributed by atoms with van der Waals surface area (Å²) in [5.41, 5.74) is 6.18. The summed E-state index contributed by atoms with van der Waals surface area (Å²) in [7, 11) is 1.42. The number of piperazine rings is 1. The molecule has 2 rings (SSSR count). The van der Waals surface area contributed by atoms with Gasteiger partial charge in [-0.2, -0.15) is 0 Å². The van der Waals surface area contributed by atoms with Crippen molar-refractivity contribution in [2.24, 2.45) is 5.73 Å². The van der Waals surface area contributed by atoms with Gasteiger partial charge in [-0.25, -0.2) is 8.78 Å². The molecular weight excluding hydrogens is 392 g/mol. The standard InChI is InChI=1S/C17H23F2N5O3S/c1-27-17(28)22-9-11(20)8-21-12-6-13(18)16(14(19)7-12)24-4-2-23(3-5-24)15(26)10-25/h6-8,21,25H,2-5,9-10,20H2,1H3,(H,22,28)/b11-8-. The number of nitrogens with one attached hydrogen (secondary N) is 2. The lowest BCUT2D eigenvalue weighted by Crippen LogP contribution is -2.50. The first-order valence-electron chi connectivity index (χ1n) is 8.51.